The third-order valence-electron chi connectivity index (χ3n) is 4.57. The van der Waals surface area contributed by atoms with Crippen LogP contribution in [0.15, 0.2) is 24.3 Å². The molecule has 1 aliphatic rings. The van der Waals surface area contributed by atoms with Crippen molar-refractivity contribution in [3.8, 4) is 0 Å². The van der Waals surface area contributed by atoms with Crippen LogP contribution in [0.3, 0.4) is 0 Å². The molecule has 2 heterocycles. The summed E-state index contributed by atoms with van der Waals surface area (Å²) >= 11 is 0. The topological polar surface area (TPSA) is 71.6 Å². The van der Waals surface area contributed by atoms with Crippen molar-refractivity contribution in [3.05, 3.63) is 35.5 Å². The van der Waals surface area contributed by atoms with Crippen molar-refractivity contribution in [2.45, 2.75) is 32.7 Å². The van der Waals surface area contributed by atoms with Crippen LogP contribution in [0, 0.1) is 0 Å². The number of ether oxygens (including phenoxy) is 2. The van der Waals surface area contributed by atoms with Gasteiger partial charge in [0.25, 0.3) is 0 Å². The van der Waals surface area contributed by atoms with E-state index in [1.165, 1.54) is 10.9 Å². The summed E-state index contributed by atoms with van der Waals surface area (Å²) in [6.07, 6.45) is 1.05. The number of H-pyrrole nitrogens is 1. The molecule has 0 radical (unpaired) electrons. The molecule has 2 aromatic rings. The molecule has 0 fully saturated rings. The van der Waals surface area contributed by atoms with Gasteiger partial charge in [0.15, 0.2) is 0 Å². The Morgan fingerprint density at radius 2 is 1.88 bits per heavy atom. The zero-order chi connectivity index (χ0) is 17.8. The number of benzene rings is 1. The first-order valence-corrected chi connectivity index (χ1v) is 8.78. The lowest BCUT2D eigenvalue weighted by Crippen LogP contribution is -2.40. The Morgan fingerprint density at radius 1 is 1.16 bits per heavy atom. The Balaban J connectivity index is 1.92. The molecule has 0 saturated heterocycles. The van der Waals surface area contributed by atoms with Crippen molar-refractivity contribution < 1.29 is 19.1 Å². The monoisotopic (exact) mass is 344 g/mol. The zero-order valence-electron chi connectivity index (χ0n) is 14.7. The van der Waals surface area contributed by atoms with Gasteiger partial charge in [-0.05, 0) is 31.9 Å². The Hall–Kier alpha value is -2.34. The van der Waals surface area contributed by atoms with Gasteiger partial charge in [0.2, 0.25) is 0 Å². The first kappa shape index (κ1) is 17.5. The molecule has 3 rings (SSSR count). The number of fused-ring (bicyclic) bond motifs is 3. The second-order valence-corrected chi connectivity index (χ2v) is 6.11. The Labute approximate surface area is 147 Å². The number of aromatic nitrogens is 1. The molecule has 134 valence electrons. The van der Waals surface area contributed by atoms with Gasteiger partial charge >= 0.3 is 11.9 Å². The van der Waals surface area contributed by atoms with Gasteiger partial charge in [-0.3, -0.25) is 14.5 Å². The van der Waals surface area contributed by atoms with Gasteiger partial charge in [-0.15, -0.1) is 0 Å². The molecule has 0 unspecified atom stereocenters. The Morgan fingerprint density at radius 3 is 2.64 bits per heavy atom. The van der Waals surface area contributed by atoms with Crippen LogP contribution in [0.25, 0.3) is 10.9 Å². The van der Waals surface area contributed by atoms with E-state index in [1.54, 1.807) is 13.8 Å². The number of hydrogen-bond acceptors (Lipinski definition) is 5. The fraction of sp³-hybridized carbons (Fsp3) is 0.474. The lowest BCUT2D eigenvalue weighted by molar-refractivity contribution is -0.149. The highest BCUT2D eigenvalue weighted by Gasteiger charge is 2.33. The predicted octanol–water partition coefficient (Wildman–Crippen LogP) is 2.58. The van der Waals surface area contributed by atoms with Gasteiger partial charge in [-0.2, -0.15) is 0 Å². The Kier molecular flexibility index (Phi) is 5.38. The number of hydrogen-bond donors (Lipinski definition) is 1. The summed E-state index contributed by atoms with van der Waals surface area (Å²) in [5, 5.41) is 1.18. The highest BCUT2D eigenvalue weighted by molar-refractivity contribution is 5.85. The van der Waals surface area contributed by atoms with Crippen molar-refractivity contribution in [2.24, 2.45) is 0 Å². The summed E-state index contributed by atoms with van der Waals surface area (Å²) in [6, 6.07) is 7.92. The average Bonchev–Trinajstić information content (AvgIpc) is 2.96. The fourth-order valence-electron chi connectivity index (χ4n) is 3.54. The highest BCUT2D eigenvalue weighted by atomic mass is 16.5. The molecule has 1 atom stereocenters. The summed E-state index contributed by atoms with van der Waals surface area (Å²) in [6.45, 7) is 5.17. The van der Waals surface area contributed by atoms with E-state index in [0.29, 0.717) is 19.8 Å². The number of rotatable bonds is 6. The third kappa shape index (κ3) is 3.69. The van der Waals surface area contributed by atoms with E-state index >= 15 is 0 Å². The number of para-hydroxylation sites is 1. The molecule has 1 aromatic carbocycles. The van der Waals surface area contributed by atoms with Crippen molar-refractivity contribution in [1.29, 1.82) is 0 Å². The van der Waals surface area contributed by atoms with Crippen LogP contribution in [0.2, 0.25) is 0 Å². The molecule has 0 amide bonds. The lowest BCUT2D eigenvalue weighted by Gasteiger charge is -2.34. The number of carbonyl (C=O) groups is 2. The molecule has 0 spiro atoms. The molecular weight excluding hydrogens is 320 g/mol. The first-order valence-electron chi connectivity index (χ1n) is 8.78. The number of nitrogens with zero attached hydrogens (tertiary/aromatic N) is 1. The van der Waals surface area contributed by atoms with Gasteiger partial charge in [0, 0.05) is 23.1 Å². The van der Waals surface area contributed by atoms with Gasteiger partial charge < -0.3 is 14.5 Å². The molecule has 25 heavy (non-hydrogen) atoms. The number of nitrogens with one attached hydrogen (secondary N) is 1. The Bertz CT molecular complexity index is 768. The average molecular weight is 344 g/mol. The maximum atomic E-state index is 12.1. The van der Waals surface area contributed by atoms with E-state index in [9.17, 15) is 9.59 Å². The molecule has 0 bridgehead atoms. The summed E-state index contributed by atoms with van der Waals surface area (Å²) in [7, 11) is 0. The van der Waals surface area contributed by atoms with E-state index < -0.39 is 0 Å². The summed E-state index contributed by atoms with van der Waals surface area (Å²) in [5.74, 6) is -0.524. The van der Waals surface area contributed by atoms with Crippen LogP contribution < -0.4 is 0 Å². The molecule has 1 aromatic heterocycles. The minimum atomic E-state index is -0.268. The van der Waals surface area contributed by atoms with Crippen LogP contribution in [0.5, 0.6) is 0 Å². The molecule has 1 aliphatic heterocycles. The smallest absolute Gasteiger partial charge is 0.320 e. The quantitative estimate of drug-likeness (QED) is 0.816. The van der Waals surface area contributed by atoms with E-state index in [4.69, 9.17) is 9.47 Å². The summed E-state index contributed by atoms with van der Waals surface area (Å²) < 4.78 is 10.2. The van der Waals surface area contributed by atoms with Crippen LogP contribution in [0.1, 0.15) is 37.6 Å². The highest BCUT2D eigenvalue weighted by Crippen LogP contribution is 2.36. The SMILES string of the molecule is CCOC(=O)C[C@H]1c2[nH]c3ccccc3c2CCN1CC(=O)OCC. The second kappa shape index (κ2) is 7.70. The number of carbonyl (C=O) groups excluding carboxylic acids is 2. The van der Waals surface area contributed by atoms with Crippen molar-refractivity contribution in [2.75, 3.05) is 26.3 Å². The molecule has 6 nitrogen and oxygen atoms in total. The molecule has 1 N–H and O–H groups in total. The van der Waals surface area contributed by atoms with E-state index in [2.05, 4.69) is 11.1 Å². The first-order chi connectivity index (χ1) is 12.1. The standard InChI is InChI=1S/C19H24N2O4/c1-3-24-17(22)11-16-19-14(13-7-5-6-8-15(13)20-19)9-10-21(16)12-18(23)25-4-2/h5-8,16,20H,3-4,9-12H2,1-2H3/t16-/m0/s1. The summed E-state index contributed by atoms with van der Waals surface area (Å²) in [4.78, 5) is 29.5. The van der Waals surface area contributed by atoms with E-state index in [0.717, 1.165) is 17.6 Å². The largest absolute Gasteiger partial charge is 0.466 e. The van der Waals surface area contributed by atoms with Crippen LogP contribution in [-0.2, 0) is 25.5 Å². The van der Waals surface area contributed by atoms with E-state index in [1.807, 2.05) is 23.1 Å². The van der Waals surface area contributed by atoms with Gasteiger partial charge in [0.1, 0.15) is 0 Å². The normalized spacial score (nSPS) is 17.3. The van der Waals surface area contributed by atoms with Gasteiger partial charge in [-0.1, -0.05) is 18.2 Å². The lowest BCUT2D eigenvalue weighted by atomic mass is 9.95. The maximum Gasteiger partial charge on any atom is 0.320 e. The van der Waals surface area contributed by atoms with Gasteiger partial charge in [-0.25, -0.2) is 0 Å². The van der Waals surface area contributed by atoms with Crippen LogP contribution in [0.4, 0.5) is 0 Å². The zero-order valence-corrected chi connectivity index (χ0v) is 14.7. The molecular formula is C19H24N2O4. The predicted molar refractivity (Wildman–Crippen MR) is 94.2 cm³/mol. The van der Waals surface area contributed by atoms with Crippen LogP contribution in [-0.4, -0.2) is 48.1 Å². The van der Waals surface area contributed by atoms with Crippen molar-refractivity contribution in [1.82, 2.24) is 9.88 Å². The second-order valence-electron chi connectivity index (χ2n) is 6.11. The number of esters is 2. The fourth-order valence-corrected chi connectivity index (χ4v) is 3.54. The van der Waals surface area contributed by atoms with Crippen molar-refractivity contribution in [3.63, 3.8) is 0 Å². The summed E-state index contributed by atoms with van der Waals surface area (Å²) in [5.41, 5.74) is 3.29. The van der Waals surface area contributed by atoms with Gasteiger partial charge in [0.05, 0.1) is 32.2 Å². The van der Waals surface area contributed by atoms with Crippen LogP contribution >= 0.6 is 0 Å². The minimum Gasteiger partial charge on any atom is -0.466 e. The molecule has 0 saturated carbocycles. The number of aromatic amines is 1. The molecule has 0 aliphatic carbocycles. The minimum absolute atomic E-state index is 0.173. The molecule has 6 heteroatoms. The van der Waals surface area contributed by atoms with Crippen molar-refractivity contribution >= 4 is 22.8 Å². The third-order valence-corrected chi connectivity index (χ3v) is 4.57. The maximum absolute atomic E-state index is 12.1. The van der Waals surface area contributed by atoms with E-state index in [-0.39, 0.29) is 30.9 Å².